The molecule has 0 radical (unpaired) electrons. The molecule has 5 nitrogen and oxygen atoms in total. The van der Waals surface area contributed by atoms with Crippen molar-refractivity contribution in [3.8, 4) is 0 Å². The molecule has 2 aromatic rings. The van der Waals surface area contributed by atoms with Gasteiger partial charge in [0.05, 0.1) is 0 Å². The third-order valence-corrected chi connectivity index (χ3v) is 2.36. The Bertz CT molecular complexity index is 572. The van der Waals surface area contributed by atoms with Crippen LogP contribution < -0.4 is 5.73 Å². The van der Waals surface area contributed by atoms with Crippen LogP contribution in [-0.2, 0) is 11.3 Å². The van der Waals surface area contributed by atoms with Gasteiger partial charge in [0, 0.05) is 10.9 Å². The van der Waals surface area contributed by atoms with Crippen molar-refractivity contribution in [1.29, 1.82) is 0 Å². The molecule has 0 fully saturated rings. The molecule has 1 amide bonds. The molecule has 82 valence electrons. The summed E-state index contributed by atoms with van der Waals surface area (Å²) in [6.07, 6.45) is 0. The second-order valence-corrected chi connectivity index (χ2v) is 3.43. The summed E-state index contributed by atoms with van der Waals surface area (Å²) in [4.78, 5) is 21.9. The summed E-state index contributed by atoms with van der Waals surface area (Å²) in [6.45, 7) is -0.272. The smallest absolute Gasteiger partial charge is 0.323 e. The first-order chi connectivity index (χ1) is 7.59. The lowest BCUT2D eigenvalue weighted by Gasteiger charge is -2.04. The number of rotatable bonds is 3. The van der Waals surface area contributed by atoms with Crippen LogP contribution in [0, 0.1) is 0 Å². The maximum Gasteiger partial charge on any atom is 0.323 e. The highest BCUT2D eigenvalue weighted by Gasteiger charge is 2.14. The van der Waals surface area contributed by atoms with E-state index in [0.29, 0.717) is 5.52 Å². The van der Waals surface area contributed by atoms with E-state index in [1.807, 2.05) is 6.07 Å². The van der Waals surface area contributed by atoms with E-state index in [9.17, 15) is 9.59 Å². The first kappa shape index (κ1) is 10.2. The summed E-state index contributed by atoms with van der Waals surface area (Å²) in [7, 11) is 0. The van der Waals surface area contributed by atoms with Crippen molar-refractivity contribution in [3.05, 3.63) is 36.0 Å². The SMILES string of the molecule is NC(=O)c1cc2ccccc2n1CC(=O)O. The normalized spacial score (nSPS) is 10.5. The number of hydrogen-bond donors (Lipinski definition) is 2. The Balaban J connectivity index is 2.69. The summed E-state index contributed by atoms with van der Waals surface area (Å²) in [5.41, 5.74) is 6.11. The van der Waals surface area contributed by atoms with E-state index in [1.165, 1.54) is 4.57 Å². The van der Waals surface area contributed by atoms with E-state index < -0.39 is 11.9 Å². The van der Waals surface area contributed by atoms with Crippen LogP contribution >= 0.6 is 0 Å². The number of carboxylic acid groups (broad SMARTS) is 1. The monoisotopic (exact) mass is 218 g/mol. The topological polar surface area (TPSA) is 85.3 Å². The minimum Gasteiger partial charge on any atom is -0.480 e. The molecule has 1 heterocycles. The molecule has 2 rings (SSSR count). The van der Waals surface area contributed by atoms with Gasteiger partial charge in [0.2, 0.25) is 0 Å². The van der Waals surface area contributed by atoms with E-state index in [2.05, 4.69) is 0 Å². The van der Waals surface area contributed by atoms with Crippen LogP contribution in [0.5, 0.6) is 0 Å². The average molecular weight is 218 g/mol. The van der Waals surface area contributed by atoms with Gasteiger partial charge < -0.3 is 15.4 Å². The zero-order valence-corrected chi connectivity index (χ0v) is 8.38. The number of carbonyl (C=O) groups excluding carboxylic acids is 1. The van der Waals surface area contributed by atoms with Gasteiger partial charge in [-0.15, -0.1) is 0 Å². The van der Waals surface area contributed by atoms with E-state index in [0.717, 1.165) is 5.39 Å². The van der Waals surface area contributed by atoms with Crippen LogP contribution in [0.4, 0.5) is 0 Å². The zero-order chi connectivity index (χ0) is 11.7. The summed E-state index contributed by atoms with van der Waals surface area (Å²) < 4.78 is 1.40. The number of hydrogen-bond acceptors (Lipinski definition) is 2. The fraction of sp³-hybridized carbons (Fsp3) is 0.0909. The molecular formula is C11H10N2O3. The third-order valence-electron chi connectivity index (χ3n) is 2.36. The Morgan fingerprint density at radius 2 is 2.00 bits per heavy atom. The van der Waals surface area contributed by atoms with Crippen LogP contribution in [0.2, 0.25) is 0 Å². The zero-order valence-electron chi connectivity index (χ0n) is 8.38. The number of primary amides is 1. The number of nitrogens with two attached hydrogens (primary N) is 1. The quantitative estimate of drug-likeness (QED) is 0.799. The van der Waals surface area contributed by atoms with Crippen molar-refractivity contribution in [2.75, 3.05) is 0 Å². The minimum atomic E-state index is -1.01. The van der Waals surface area contributed by atoms with E-state index in [4.69, 9.17) is 10.8 Å². The molecule has 1 aromatic heterocycles. The molecule has 0 saturated carbocycles. The molecule has 0 saturated heterocycles. The molecule has 3 N–H and O–H groups in total. The van der Waals surface area contributed by atoms with E-state index in [-0.39, 0.29) is 12.2 Å². The Kier molecular flexibility index (Phi) is 2.36. The third kappa shape index (κ3) is 1.63. The summed E-state index contributed by atoms with van der Waals surface area (Å²) >= 11 is 0. The Labute approximate surface area is 91.1 Å². The summed E-state index contributed by atoms with van der Waals surface area (Å²) in [6, 6.07) is 8.76. The van der Waals surface area contributed by atoms with Crippen LogP contribution in [0.3, 0.4) is 0 Å². The number of fused-ring (bicyclic) bond motifs is 1. The lowest BCUT2D eigenvalue weighted by molar-refractivity contribution is -0.137. The Morgan fingerprint density at radius 1 is 1.31 bits per heavy atom. The average Bonchev–Trinajstić information content (AvgIpc) is 2.57. The first-order valence-corrected chi connectivity index (χ1v) is 4.69. The lowest BCUT2D eigenvalue weighted by atomic mass is 10.2. The molecule has 0 atom stereocenters. The summed E-state index contributed by atoms with van der Waals surface area (Å²) in [5.74, 6) is -1.64. The van der Waals surface area contributed by atoms with Gasteiger partial charge in [-0.25, -0.2) is 0 Å². The molecule has 0 aliphatic carbocycles. The van der Waals surface area contributed by atoms with Crippen molar-refractivity contribution < 1.29 is 14.7 Å². The lowest BCUT2D eigenvalue weighted by Crippen LogP contribution is -2.19. The van der Waals surface area contributed by atoms with E-state index in [1.54, 1.807) is 24.3 Å². The van der Waals surface area contributed by atoms with Gasteiger partial charge in [-0.05, 0) is 12.1 Å². The fourth-order valence-corrected chi connectivity index (χ4v) is 1.72. The highest BCUT2D eigenvalue weighted by molar-refractivity contribution is 5.98. The number of amides is 1. The van der Waals surface area contributed by atoms with Gasteiger partial charge in [0.25, 0.3) is 5.91 Å². The molecular weight excluding hydrogens is 208 g/mol. The van der Waals surface area contributed by atoms with Crippen molar-refractivity contribution in [1.82, 2.24) is 4.57 Å². The number of carboxylic acids is 1. The molecule has 0 unspecified atom stereocenters. The number of benzene rings is 1. The number of nitrogens with zero attached hydrogens (tertiary/aromatic N) is 1. The van der Waals surface area contributed by atoms with Crippen LogP contribution in [0.15, 0.2) is 30.3 Å². The minimum absolute atomic E-state index is 0.212. The van der Waals surface area contributed by atoms with E-state index >= 15 is 0 Å². The number of para-hydroxylation sites is 1. The number of aromatic nitrogens is 1. The Hall–Kier alpha value is -2.30. The van der Waals surface area contributed by atoms with Gasteiger partial charge in [0.1, 0.15) is 12.2 Å². The molecule has 1 aromatic carbocycles. The molecule has 0 spiro atoms. The second kappa shape index (κ2) is 3.69. The highest BCUT2D eigenvalue weighted by Crippen LogP contribution is 2.19. The largest absolute Gasteiger partial charge is 0.480 e. The first-order valence-electron chi connectivity index (χ1n) is 4.69. The van der Waals surface area contributed by atoms with Crippen LogP contribution in [-0.4, -0.2) is 21.6 Å². The van der Waals surface area contributed by atoms with Gasteiger partial charge >= 0.3 is 5.97 Å². The predicted octanol–water partition coefficient (Wildman–Crippen LogP) is 0.825. The Morgan fingerprint density at radius 3 is 2.62 bits per heavy atom. The van der Waals surface area contributed by atoms with Gasteiger partial charge in [-0.2, -0.15) is 0 Å². The predicted molar refractivity (Wildman–Crippen MR) is 58.1 cm³/mol. The van der Waals surface area contributed by atoms with Crippen LogP contribution in [0.1, 0.15) is 10.5 Å². The fourth-order valence-electron chi connectivity index (χ4n) is 1.72. The van der Waals surface area contributed by atoms with Gasteiger partial charge in [0.15, 0.2) is 0 Å². The second-order valence-electron chi connectivity index (χ2n) is 3.43. The summed E-state index contributed by atoms with van der Waals surface area (Å²) in [5, 5.41) is 9.58. The number of aliphatic carboxylic acids is 1. The van der Waals surface area contributed by atoms with Crippen molar-refractivity contribution in [2.45, 2.75) is 6.54 Å². The van der Waals surface area contributed by atoms with Gasteiger partial charge in [-0.3, -0.25) is 9.59 Å². The molecule has 16 heavy (non-hydrogen) atoms. The number of carbonyl (C=O) groups is 2. The maximum atomic E-state index is 11.2. The molecule has 0 bridgehead atoms. The van der Waals surface area contributed by atoms with Crippen molar-refractivity contribution >= 4 is 22.8 Å². The van der Waals surface area contributed by atoms with Crippen molar-refractivity contribution in [3.63, 3.8) is 0 Å². The van der Waals surface area contributed by atoms with Crippen LogP contribution in [0.25, 0.3) is 10.9 Å². The standard InChI is InChI=1S/C11H10N2O3/c12-11(16)9-5-7-3-1-2-4-8(7)13(9)6-10(14)15/h1-5H,6H2,(H2,12,16)(H,14,15). The maximum absolute atomic E-state index is 11.2. The molecule has 0 aliphatic heterocycles. The molecule has 0 aliphatic rings. The van der Waals surface area contributed by atoms with Crippen molar-refractivity contribution in [2.24, 2.45) is 5.73 Å². The molecule has 5 heteroatoms. The van der Waals surface area contributed by atoms with Gasteiger partial charge in [-0.1, -0.05) is 18.2 Å². The highest BCUT2D eigenvalue weighted by atomic mass is 16.4.